The van der Waals surface area contributed by atoms with Crippen molar-refractivity contribution in [2.45, 2.75) is 50.6 Å². The summed E-state index contributed by atoms with van der Waals surface area (Å²) >= 11 is 13.1. The van der Waals surface area contributed by atoms with Crippen molar-refractivity contribution in [3.63, 3.8) is 0 Å². The van der Waals surface area contributed by atoms with Crippen LogP contribution in [-0.2, 0) is 32.6 Å². The molecule has 10 heteroatoms. The maximum absolute atomic E-state index is 14.1. The maximum Gasteiger partial charge on any atom is 0.265 e. The number of hydrogen-bond acceptors (Lipinski definition) is 4. The van der Waals surface area contributed by atoms with Crippen molar-refractivity contribution in [1.29, 1.82) is 0 Å². The topological polar surface area (TPSA) is 86.8 Å². The third kappa shape index (κ3) is 6.72. The molecule has 44 heavy (non-hydrogen) atoms. The molecule has 0 fully saturated rings. The molecular formula is C34H35Cl2N3O4S. The molecule has 5 rings (SSSR count). The molecule has 4 aromatic carbocycles. The average Bonchev–Trinajstić information content (AvgIpc) is 3.22. The van der Waals surface area contributed by atoms with Crippen LogP contribution in [0.2, 0.25) is 10.0 Å². The Morgan fingerprint density at radius 2 is 1.55 bits per heavy atom. The predicted molar refractivity (Wildman–Crippen MR) is 177 cm³/mol. The van der Waals surface area contributed by atoms with E-state index < -0.39 is 16.1 Å². The van der Waals surface area contributed by atoms with Crippen LogP contribution < -0.4 is 9.62 Å². The number of sulfonamides is 1. The van der Waals surface area contributed by atoms with Crippen molar-refractivity contribution in [1.82, 2.24) is 10.2 Å². The summed E-state index contributed by atoms with van der Waals surface area (Å²) in [5.74, 6) is -0.355. The van der Waals surface area contributed by atoms with Crippen molar-refractivity contribution in [2.75, 3.05) is 17.4 Å². The smallest absolute Gasteiger partial charge is 0.265 e. The van der Waals surface area contributed by atoms with Gasteiger partial charge in [0.05, 0.1) is 10.6 Å². The zero-order chi connectivity index (χ0) is 31.4. The Bertz CT molecular complexity index is 1750. The van der Waals surface area contributed by atoms with Crippen molar-refractivity contribution in [3.05, 3.63) is 106 Å². The van der Waals surface area contributed by atoms with Gasteiger partial charge in [-0.3, -0.25) is 13.9 Å². The molecule has 7 nitrogen and oxygen atoms in total. The number of carbonyl (C=O) groups is 2. The first-order chi connectivity index (χ1) is 21.1. The lowest BCUT2D eigenvalue weighted by Gasteiger charge is -2.32. The number of amides is 2. The second-order valence-electron chi connectivity index (χ2n) is 11.4. The van der Waals surface area contributed by atoms with Gasteiger partial charge < -0.3 is 10.2 Å². The van der Waals surface area contributed by atoms with Gasteiger partial charge in [0.1, 0.15) is 6.04 Å². The van der Waals surface area contributed by atoms with Crippen LogP contribution in [-0.4, -0.2) is 44.3 Å². The fourth-order valence-corrected chi connectivity index (χ4v) is 7.81. The normalized spacial score (nSPS) is 14.2. The van der Waals surface area contributed by atoms with Gasteiger partial charge in [0.2, 0.25) is 11.8 Å². The third-order valence-electron chi connectivity index (χ3n) is 7.78. The minimum Gasteiger partial charge on any atom is -0.354 e. The molecule has 0 unspecified atom stereocenters. The largest absolute Gasteiger partial charge is 0.354 e. The van der Waals surface area contributed by atoms with Gasteiger partial charge in [-0.25, -0.2) is 8.42 Å². The van der Waals surface area contributed by atoms with E-state index in [1.54, 1.807) is 36.4 Å². The Balaban J connectivity index is 1.42. The van der Waals surface area contributed by atoms with E-state index in [-0.39, 0.29) is 55.0 Å². The van der Waals surface area contributed by atoms with Gasteiger partial charge in [0, 0.05) is 53.5 Å². The standard InChI is InChI=1S/C34H35Cl2N3O4S/c1-23(2)21-37-34(41)30(20-24-10-4-3-5-11-24)38(22-26-27(35)14-8-15-28(26)36)32(40)18-9-19-39-29-16-6-12-25-13-7-17-31(33(25)29)44(39,42)43/h3-8,10-17,23,30H,9,18-22H2,1-2H3,(H,37,41)/t30-/m1/s1. The molecule has 0 saturated carbocycles. The molecule has 1 aliphatic rings. The molecular weight excluding hydrogens is 617 g/mol. The van der Waals surface area contributed by atoms with E-state index in [9.17, 15) is 18.0 Å². The van der Waals surface area contributed by atoms with Crippen molar-refractivity contribution < 1.29 is 18.0 Å². The van der Waals surface area contributed by atoms with E-state index in [1.807, 2.05) is 62.4 Å². The molecule has 0 aromatic heterocycles. The number of rotatable bonds is 12. The second-order valence-corrected chi connectivity index (χ2v) is 14.0. The van der Waals surface area contributed by atoms with Gasteiger partial charge in [0.25, 0.3) is 10.0 Å². The fourth-order valence-electron chi connectivity index (χ4n) is 5.55. The number of carbonyl (C=O) groups excluding carboxylic acids is 2. The molecule has 0 spiro atoms. The summed E-state index contributed by atoms with van der Waals surface area (Å²) in [7, 11) is -3.75. The van der Waals surface area contributed by atoms with Crippen LogP contribution >= 0.6 is 23.2 Å². The van der Waals surface area contributed by atoms with Gasteiger partial charge in [-0.1, -0.05) is 97.7 Å². The highest BCUT2D eigenvalue weighted by atomic mass is 35.5. The Morgan fingerprint density at radius 3 is 2.23 bits per heavy atom. The monoisotopic (exact) mass is 651 g/mol. The Morgan fingerprint density at radius 1 is 0.886 bits per heavy atom. The summed E-state index contributed by atoms with van der Waals surface area (Å²) in [6, 6.07) is 24.6. The molecule has 1 aliphatic heterocycles. The van der Waals surface area contributed by atoms with Crippen LogP contribution in [0.25, 0.3) is 10.8 Å². The molecule has 0 radical (unpaired) electrons. The zero-order valence-electron chi connectivity index (χ0n) is 24.7. The van der Waals surface area contributed by atoms with Gasteiger partial charge in [-0.2, -0.15) is 0 Å². The molecule has 2 amide bonds. The average molecular weight is 653 g/mol. The van der Waals surface area contributed by atoms with Crippen molar-refractivity contribution in [2.24, 2.45) is 5.92 Å². The van der Waals surface area contributed by atoms with E-state index in [2.05, 4.69) is 5.32 Å². The van der Waals surface area contributed by atoms with Gasteiger partial charge in [0.15, 0.2) is 0 Å². The Labute approximate surface area is 268 Å². The zero-order valence-corrected chi connectivity index (χ0v) is 27.0. The SMILES string of the molecule is CC(C)CNC(=O)[C@@H](Cc1ccccc1)N(Cc1c(Cl)cccc1Cl)C(=O)CCCN1c2cccc3cccc(c23)S1(=O)=O. The third-order valence-corrected chi connectivity index (χ3v) is 10.3. The quantitative estimate of drug-likeness (QED) is 0.182. The minimum atomic E-state index is -3.75. The fraction of sp³-hybridized carbons (Fsp3) is 0.294. The number of benzene rings is 4. The maximum atomic E-state index is 14.1. The predicted octanol–water partition coefficient (Wildman–Crippen LogP) is 6.85. The number of nitrogens with zero attached hydrogens (tertiary/aromatic N) is 2. The second kappa shape index (κ2) is 13.6. The summed E-state index contributed by atoms with van der Waals surface area (Å²) in [5, 5.41) is 5.33. The van der Waals surface area contributed by atoms with E-state index in [0.717, 1.165) is 10.9 Å². The molecule has 1 heterocycles. The van der Waals surface area contributed by atoms with Crippen LogP contribution in [0.1, 0.15) is 37.8 Å². The lowest BCUT2D eigenvalue weighted by Crippen LogP contribution is -2.51. The summed E-state index contributed by atoms with van der Waals surface area (Å²) in [6.07, 6.45) is 0.556. The summed E-state index contributed by atoms with van der Waals surface area (Å²) in [4.78, 5) is 29.6. The highest BCUT2D eigenvalue weighted by Crippen LogP contribution is 2.42. The van der Waals surface area contributed by atoms with Gasteiger partial charge >= 0.3 is 0 Å². The van der Waals surface area contributed by atoms with Crippen LogP contribution in [0.5, 0.6) is 0 Å². The number of hydrogen-bond donors (Lipinski definition) is 1. The molecule has 0 bridgehead atoms. The highest BCUT2D eigenvalue weighted by molar-refractivity contribution is 7.93. The van der Waals surface area contributed by atoms with Crippen molar-refractivity contribution >= 4 is 61.5 Å². The lowest BCUT2D eigenvalue weighted by molar-refractivity contribution is -0.141. The van der Waals surface area contributed by atoms with E-state index in [4.69, 9.17) is 23.2 Å². The van der Waals surface area contributed by atoms with Gasteiger partial charge in [-0.05, 0) is 47.6 Å². The lowest BCUT2D eigenvalue weighted by atomic mass is 10.0. The molecule has 0 aliphatic carbocycles. The Kier molecular flexibility index (Phi) is 9.83. The summed E-state index contributed by atoms with van der Waals surface area (Å²) in [5.41, 5.74) is 2.05. The van der Waals surface area contributed by atoms with E-state index >= 15 is 0 Å². The van der Waals surface area contributed by atoms with E-state index in [0.29, 0.717) is 33.2 Å². The number of nitrogens with one attached hydrogen (secondary N) is 1. The first-order valence-corrected chi connectivity index (χ1v) is 16.9. The summed E-state index contributed by atoms with van der Waals surface area (Å²) in [6.45, 7) is 4.61. The molecule has 1 N–H and O–H groups in total. The molecule has 1 atom stereocenters. The molecule has 0 saturated heterocycles. The summed E-state index contributed by atoms with van der Waals surface area (Å²) < 4.78 is 28.3. The van der Waals surface area contributed by atoms with Gasteiger partial charge in [-0.15, -0.1) is 0 Å². The highest BCUT2D eigenvalue weighted by Gasteiger charge is 2.36. The Hall–Kier alpha value is -3.59. The molecule has 230 valence electrons. The van der Waals surface area contributed by atoms with Crippen molar-refractivity contribution in [3.8, 4) is 0 Å². The van der Waals surface area contributed by atoms with Crippen LogP contribution in [0.4, 0.5) is 5.69 Å². The first-order valence-electron chi connectivity index (χ1n) is 14.7. The number of halogens is 2. The molecule has 4 aromatic rings. The van der Waals surface area contributed by atoms with E-state index in [1.165, 1.54) is 9.21 Å². The van der Waals surface area contributed by atoms with Crippen LogP contribution in [0, 0.1) is 5.92 Å². The van der Waals surface area contributed by atoms with Crippen LogP contribution in [0.3, 0.4) is 0 Å². The van der Waals surface area contributed by atoms with Crippen LogP contribution in [0.15, 0.2) is 89.8 Å². The minimum absolute atomic E-state index is 0.0170. The number of anilines is 1. The first kappa shape index (κ1) is 31.8.